The number of nitrogens with one attached hydrogen (secondary N) is 3. The van der Waals surface area contributed by atoms with Gasteiger partial charge in [-0.1, -0.05) is 84.6 Å². The third kappa shape index (κ3) is 15.8. The molecule has 8 N–H and O–H groups in total. The highest BCUT2D eigenvalue weighted by Crippen LogP contribution is 2.49. The molecule has 2 fully saturated rings. The van der Waals surface area contributed by atoms with Crippen molar-refractivity contribution in [3.63, 3.8) is 0 Å². The van der Waals surface area contributed by atoms with Crippen molar-refractivity contribution in [2.45, 2.75) is 60.5 Å². The third-order valence-electron chi connectivity index (χ3n) is 10.4. The maximum absolute atomic E-state index is 13.3. The monoisotopic (exact) mass is 839 g/mol. The highest BCUT2D eigenvalue weighted by Gasteiger charge is 2.33. The van der Waals surface area contributed by atoms with E-state index in [9.17, 15) is 23.4 Å². The van der Waals surface area contributed by atoms with Crippen molar-refractivity contribution in [2.75, 3.05) is 90.5 Å². The number of anilines is 2. The van der Waals surface area contributed by atoms with E-state index in [4.69, 9.17) is 10.8 Å². The standard InChI is InChI=1S/C22H26F3N3OS.C10H15NO.C9H13NO.C4H10N2/c23-22(24,25)17-6-7-21-19(16-17)28(18-4-1-2-5-20(18)30-21)9-3-8-26-10-12-27(13-11-26)14-15-29;1-8(11-2)10(12)9-6-4-3-5-7-9;1-7(10)9(11)8-5-3-2-4-6-8;1-2-6-4-3-5-1/h1-2,4-7,16,29H,3,8-15H2;3-8,10-12H,1-2H3;2-7,9,11H,10H2,1H3;5-6H,1-4H2/t;8-,10+;7-,9-;/m.01./s1. The van der Waals surface area contributed by atoms with Crippen LogP contribution in [0.4, 0.5) is 24.5 Å². The topological polar surface area (TPSA) is 133 Å². The van der Waals surface area contributed by atoms with Gasteiger partial charge in [0, 0.05) is 87.3 Å². The van der Waals surface area contributed by atoms with Gasteiger partial charge < -0.3 is 46.8 Å². The Morgan fingerprint density at radius 3 is 1.71 bits per heavy atom. The van der Waals surface area contributed by atoms with Crippen LogP contribution in [-0.2, 0) is 6.18 Å². The van der Waals surface area contributed by atoms with Gasteiger partial charge in [-0.25, -0.2) is 0 Å². The summed E-state index contributed by atoms with van der Waals surface area (Å²) >= 11 is 1.53. The molecule has 59 heavy (non-hydrogen) atoms. The Kier molecular flexibility index (Phi) is 20.6. The number of benzene rings is 4. The number of hydrogen-bond donors (Lipinski definition) is 7. The van der Waals surface area contributed by atoms with Gasteiger partial charge in [0.25, 0.3) is 0 Å². The maximum Gasteiger partial charge on any atom is 0.416 e. The van der Waals surface area contributed by atoms with E-state index in [1.54, 1.807) is 13.0 Å². The van der Waals surface area contributed by atoms with Gasteiger partial charge in [0.15, 0.2) is 0 Å². The summed E-state index contributed by atoms with van der Waals surface area (Å²) in [5, 5.41) is 37.7. The van der Waals surface area contributed by atoms with Crippen LogP contribution < -0.4 is 26.6 Å². The number of hydrogen-bond acceptors (Lipinski definition) is 11. The minimum atomic E-state index is -4.35. The summed E-state index contributed by atoms with van der Waals surface area (Å²) in [6, 6.07) is 30.9. The second-order valence-electron chi connectivity index (χ2n) is 14.8. The Morgan fingerprint density at radius 1 is 0.695 bits per heavy atom. The minimum Gasteiger partial charge on any atom is -0.395 e. The molecule has 0 radical (unpaired) electrons. The number of nitrogens with zero attached hydrogens (tertiary/aromatic N) is 3. The fourth-order valence-electron chi connectivity index (χ4n) is 6.73. The van der Waals surface area contributed by atoms with E-state index < -0.39 is 23.9 Å². The molecule has 4 aromatic carbocycles. The average molecular weight is 840 g/mol. The van der Waals surface area contributed by atoms with Gasteiger partial charge in [-0.05, 0) is 75.3 Å². The SMILES string of the molecule is C1CNCCN1.CN[C@@H](C)[C@@H](O)c1ccccc1.C[C@@H](N)[C@@H](O)c1ccccc1.OCCN1CCN(CCCN2c3ccccc3Sc3ccc(C(F)(F)F)cc32)CC1. The smallest absolute Gasteiger partial charge is 0.395 e. The number of fused-ring (bicyclic) bond motifs is 2. The molecule has 7 rings (SSSR count). The molecule has 2 saturated heterocycles. The number of likely N-dealkylation sites (N-methyl/N-ethyl adjacent to an activating group) is 1. The number of aliphatic hydroxyl groups excluding tert-OH is 3. The van der Waals surface area contributed by atoms with Gasteiger partial charge in [0.1, 0.15) is 0 Å². The lowest BCUT2D eigenvalue weighted by molar-refractivity contribution is -0.137. The molecule has 4 atom stereocenters. The minimum absolute atomic E-state index is 0.0902. The predicted octanol–water partition coefficient (Wildman–Crippen LogP) is 5.88. The van der Waals surface area contributed by atoms with Crippen molar-refractivity contribution in [1.29, 1.82) is 0 Å². The second-order valence-corrected chi connectivity index (χ2v) is 15.9. The fourth-order valence-corrected chi connectivity index (χ4v) is 7.81. The molecule has 0 bridgehead atoms. The largest absolute Gasteiger partial charge is 0.416 e. The molecule has 10 nitrogen and oxygen atoms in total. The Morgan fingerprint density at radius 2 is 1.20 bits per heavy atom. The highest BCUT2D eigenvalue weighted by molar-refractivity contribution is 7.99. The van der Waals surface area contributed by atoms with Gasteiger partial charge in [-0.3, -0.25) is 4.90 Å². The average Bonchev–Trinajstić information content (AvgIpc) is 3.27. The first-order valence-electron chi connectivity index (χ1n) is 20.5. The summed E-state index contributed by atoms with van der Waals surface area (Å²) in [6.45, 7) is 14.6. The molecule has 324 valence electrons. The molecule has 4 aromatic rings. The molecule has 0 aromatic heterocycles. The van der Waals surface area contributed by atoms with E-state index in [0.717, 1.165) is 91.9 Å². The summed E-state index contributed by atoms with van der Waals surface area (Å²) in [5.41, 5.74) is 8.36. The number of halogens is 3. The van der Waals surface area contributed by atoms with Crippen LogP contribution in [0.5, 0.6) is 0 Å². The van der Waals surface area contributed by atoms with Crippen molar-refractivity contribution < 1.29 is 28.5 Å². The number of nitrogens with two attached hydrogens (primary N) is 1. The number of aliphatic hydroxyl groups is 3. The molecule has 0 amide bonds. The zero-order valence-corrected chi connectivity index (χ0v) is 35.4. The highest BCUT2D eigenvalue weighted by atomic mass is 32.2. The molecular formula is C45H64F3N7O3S. The zero-order valence-electron chi connectivity index (χ0n) is 34.6. The summed E-state index contributed by atoms with van der Waals surface area (Å²) < 4.78 is 39.9. The number of piperazine rings is 2. The summed E-state index contributed by atoms with van der Waals surface area (Å²) in [5.74, 6) is 0. The van der Waals surface area contributed by atoms with Crippen LogP contribution in [-0.4, -0.2) is 123 Å². The quantitative estimate of drug-likeness (QED) is 0.0978. The van der Waals surface area contributed by atoms with E-state index in [0.29, 0.717) is 18.8 Å². The lowest BCUT2D eigenvalue weighted by atomic mass is 10.0. The normalized spacial score (nSPS) is 17.6. The molecule has 3 heterocycles. The molecule has 0 unspecified atom stereocenters. The van der Waals surface area contributed by atoms with Crippen LogP contribution >= 0.6 is 11.8 Å². The van der Waals surface area contributed by atoms with Crippen LogP contribution in [0.1, 0.15) is 49.2 Å². The molecular weight excluding hydrogens is 776 g/mol. The number of para-hydroxylation sites is 1. The van der Waals surface area contributed by atoms with Crippen LogP contribution in [0.3, 0.4) is 0 Å². The van der Waals surface area contributed by atoms with Gasteiger partial charge in [0.2, 0.25) is 0 Å². The zero-order chi connectivity index (χ0) is 42.6. The van der Waals surface area contributed by atoms with Crippen LogP contribution in [0, 0.1) is 0 Å². The first-order chi connectivity index (χ1) is 28.4. The van der Waals surface area contributed by atoms with Crippen LogP contribution in [0.15, 0.2) is 113 Å². The van der Waals surface area contributed by atoms with Gasteiger partial charge in [-0.2, -0.15) is 13.2 Å². The summed E-state index contributed by atoms with van der Waals surface area (Å²) in [7, 11) is 1.84. The fraction of sp³-hybridized carbons (Fsp3) is 0.467. The molecule has 3 aliphatic rings. The van der Waals surface area contributed by atoms with Gasteiger partial charge in [-0.15, -0.1) is 0 Å². The predicted molar refractivity (Wildman–Crippen MR) is 234 cm³/mol. The number of alkyl halides is 3. The van der Waals surface area contributed by atoms with E-state index >= 15 is 0 Å². The molecule has 3 aliphatic heterocycles. The Hall–Kier alpha value is -3.54. The van der Waals surface area contributed by atoms with E-state index in [-0.39, 0.29) is 18.7 Å². The molecule has 14 heteroatoms. The Balaban J connectivity index is 0.000000215. The van der Waals surface area contributed by atoms with Crippen LogP contribution in [0.25, 0.3) is 0 Å². The Labute approximate surface area is 353 Å². The third-order valence-corrected chi connectivity index (χ3v) is 11.5. The van der Waals surface area contributed by atoms with Crippen LogP contribution in [0.2, 0.25) is 0 Å². The van der Waals surface area contributed by atoms with Crippen molar-refractivity contribution in [3.05, 3.63) is 120 Å². The van der Waals surface area contributed by atoms with E-state index in [1.165, 1.54) is 23.9 Å². The van der Waals surface area contributed by atoms with E-state index in [2.05, 4.69) is 25.8 Å². The lowest BCUT2D eigenvalue weighted by Gasteiger charge is -2.36. The summed E-state index contributed by atoms with van der Waals surface area (Å²) in [6.07, 6.45) is -4.45. The lowest BCUT2D eigenvalue weighted by Crippen LogP contribution is -2.47. The number of β-amino-alcohol motifs (C(OH)–C–C–N with tert-alkyl or cyclic N) is 1. The van der Waals surface area contributed by atoms with Gasteiger partial charge in [0.05, 0.1) is 35.8 Å². The Bertz CT molecular complexity index is 1740. The van der Waals surface area contributed by atoms with Gasteiger partial charge >= 0.3 is 6.18 Å². The second kappa shape index (κ2) is 25.3. The molecule has 0 spiro atoms. The molecule has 0 saturated carbocycles. The van der Waals surface area contributed by atoms with Crippen molar-refractivity contribution in [1.82, 2.24) is 25.8 Å². The first-order valence-corrected chi connectivity index (χ1v) is 21.4. The van der Waals surface area contributed by atoms with Crippen molar-refractivity contribution >= 4 is 23.1 Å². The maximum atomic E-state index is 13.3. The number of rotatable bonds is 11. The first kappa shape index (κ1) is 48.1. The van der Waals surface area contributed by atoms with Crippen molar-refractivity contribution in [3.8, 4) is 0 Å². The summed E-state index contributed by atoms with van der Waals surface area (Å²) in [4.78, 5) is 8.62. The van der Waals surface area contributed by atoms with Crippen molar-refractivity contribution in [2.24, 2.45) is 5.73 Å². The van der Waals surface area contributed by atoms with E-state index in [1.807, 2.05) is 104 Å². The molecule has 0 aliphatic carbocycles.